The first kappa shape index (κ1) is 15.5. The number of carbonyl (C=O) groups is 2. The molecule has 0 unspecified atom stereocenters. The molecule has 102 valence electrons. The lowest BCUT2D eigenvalue weighted by Crippen LogP contribution is -2.18. The van der Waals surface area contributed by atoms with Crippen molar-refractivity contribution in [2.24, 2.45) is 0 Å². The number of Topliss-reactive ketones (excluding diaryl/α,β-unsaturated/α-hetero) is 1. The number of rotatable bonds is 4. The Balaban J connectivity index is 3.24. The first-order valence-corrected chi connectivity index (χ1v) is 6.08. The van der Waals surface area contributed by atoms with Crippen LogP contribution in [0.3, 0.4) is 0 Å². The standard InChI is InChI=1S/C13H13Cl2NO3/c1-16(2)7-10(13(18)19-3)12(17)9-5-4-8(14)6-11(9)15/h4-7H,1-3H3/b10-7-. The van der Waals surface area contributed by atoms with Gasteiger partial charge in [0.2, 0.25) is 5.78 Å². The van der Waals surface area contributed by atoms with Crippen LogP contribution in [-0.4, -0.2) is 37.9 Å². The number of halogens is 2. The molecule has 0 atom stereocenters. The first-order valence-electron chi connectivity index (χ1n) is 5.33. The van der Waals surface area contributed by atoms with E-state index in [9.17, 15) is 9.59 Å². The van der Waals surface area contributed by atoms with Gasteiger partial charge in [-0.3, -0.25) is 4.79 Å². The molecule has 0 aliphatic heterocycles. The van der Waals surface area contributed by atoms with E-state index in [4.69, 9.17) is 23.2 Å². The Morgan fingerprint density at radius 1 is 1.26 bits per heavy atom. The first-order chi connectivity index (χ1) is 8.86. The highest BCUT2D eigenvalue weighted by Crippen LogP contribution is 2.23. The van der Waals surface area contributed by atoms with Crippen LogP contribution in [0.1, 0.15) is 10.4 Å². The van der Waals surface area contributed by atoms with Gasteiger partial charge in [0.15, 0.2) is 0 Å². The van der Waals surface area contributed by atoms with Crippen LogP contribution in [-0.2, 0) is 9.53 Å². The Hall–Kier alpha value is -1.52. The molecular formula is C13H13Cl2NO3. The van der Waals surface area contributed by atoms with E-state index in [1.54, 1.807) is 19.0 Å². The molecule has 4 nitrogen and oxygen atoms in total. The Labute approximate surface area is 121 Å². The van der Waals surface area contributed by atoms with Crippen LogP contribution in [0, 0.1) is 0 Å². The molecule has 0 radical (unpaired) electrons. The summed E-state index contributed by atoms with van der Waals surface area (Å²) in [5.74, 6) is -1.23. The normalized spacial score (nSPS) is 11.1. The second-order valence-corrected chi connectivity index (χ2v) is 4.79. The number of hydrogen-bond acceptors (Lipinski definition) is 4. The van der Waals surface area contributed by atoms with Crippen LogP contribution < -0.4 is 0 Å². The molecule has 0 aromatic heterocycles. The Morgan fingerprint density at radius 3 is 2.37 bits per heavy atom. The van der Waals surface area contributed by atoms with Crippen LogP contribution >= 0.6 is 23.2 Å². The second kappa shape index (κ2) is 6.59. The molecule has 6 heteroatoms. The average Bonchev–Trinajstić information content (AvgIpc) is 2.34. The van der Waals surface area contributed by atoms with Crippen molar-refractivity contribution in [2.75, 3.05) is 21.2 Å². The number of benzene rings is 1. The summed E-state index contributed by atoms with van der Waals surface area (Å²) >= 11 is 11.7. The summed E-state index contributed by atoms with van der Waals surface area (Å²) in [5, 5.41) is 0.601. The number of esters is 1. The SMILES string of the molecule is COC(=O)/C(=C\N(C)C)C(=O)c1ccc(Cl)cc1Cl. The molecule has 0 aliphatic carbocycles. The third-order valence-electron chi connectivity index (χ3n) is 2.21. The van der Waals surface area contributed by atoms with Gasteiger partial charge in [0, 0.05) is 30.9 Å². The van der Waals surface area contributed by atoms with E-state index >= 15 is 0 Å². The number of carbonyl (C=O) groups excluding carboxylic acids is 2. The summed E-state index contributed by atoms with van der Waals surface area (Å²) in [5.41, 5.74) is 0.0984. The fraction of sp³-hybridized carbons (Fsp3) is 0.231. The van der Waals surface area contributed by atoms with Crippen molar-refractivity contribution in [3.8, 4) is 0 Å². The highest BCUT2D eigenvalue weighted by molar-refractivity contribution is 6.38. The maximum atomic E-state index is 12.3. The lowest BCUT2D eigenvalue weighted by Gasteiger charge is -2.10. The molecule has 1 rings (SSSR count). The molecule has 0 aliphatic rings. The summed E-state index contributed by atoms with van der Waals surface area (Å²) in [4.78, 5) is 25.5. The summed E-state index contributed by atoms with van der Waals surface area (Å²) in [6, 6.07) is 4.45. The van der Waals surface area contributed by atoms with Gasteiger partial charge >= 0.3 is 5.97 Å². The average molecular weight is 302 g/mol. The predicted octanol–water partition coefficient (Wildman–Crippen LogP) is 2.79. The predicted molar refractivity (Wildman–Crippen MR) is 74.6 cm³/mol. The van der Waals surface area contributed by atoms with Gasteiger partial charge in [-0.15, -0.1) is 0 Å². The topological polar surface area (TPSA) is 46.6 Å². The summed E-state index contributed by atoms with van der Waals surface area (Å²) < 4.78 is 4.60. The molecule has 1 aromatic carbocycles. The van der Waals surface area contributed by atoms with E-state index in [1.165, 1.54) is 31.5 Å². The quantitative estimate of drug-likeness (QED) is 0.282. The molecule has 0 fully saturated rings. The van der Waals surface area contributed by atoms with E-state index in [2.05, 4.69) is 4.74 Å². The minimum Gasteiger partial charge on any atom is -0.465 e. The van der Waals surface area contributed by atoms with Crippen LogP contribution in [0.2, 0.25) is 10.0 Å². The van der Waals surface area contributed by atoms with Crippen LogP contribution in [0.4, 0.5) is 0 Å². The fourth-order valence-electron chi connectivity index (χ4n) is 1.39. The zero-order valence-electron chi connectivity index (χ0n) is 10.7. The maximum absolute atomic E-state index is 12.3. The van der Waals surface area contributed by atoms with Gasteiger partial charge in [0.25, 0.3) is 0 Å². The number of ketones is 1. The monoisotopic (exact) mass is 301 g/mol. The van der Waals surface area contributed by atoms with E-state index in [1.807, 2.05) is 0 Å². The molecule has 0 saturated carbocycles. The molecule has 0 amide bonds. The third-order valence-corrected chi connectivity index (χ3v) is 2.76. The van der Waals surface area contributed by atoms with Crippen molar-refractivity contribution < 1.29 is 14.3 Å². The number of methoxy groups -OCH3 is 1. The molecule has 0 N–H and O–H groups in total. The highest BCUT2D eigenvalue weighted by Gasteiger charge is 2.23. The van der Waals surface area contributed by atoms with E-state index in [0.717, 1.165) is 0 Å². The highest BCUT2D eigenvalue weighted by atomic mass is 35.5. The largest absolute Gasteiger partial charge is 0.465 e. The minimum absolute atomic E-state index is 0.100. The number of nitrogens with zero attached hydrogens (tertiary/aromatic N) is 1. The van der Waals surface area contributed by atoms with E-state index in [0.29, 0.717) is 5.02 Å². The molecule has 19 heavy (non-hydrogen) atoms. The lowest BCUT2D eigenvalue weighted by molar-refractivity contribution is -0.135. The van der Waals surface area contributed by atoms with Gasteiger partial charge in [-0.25, -0.2) is 4.79 Å². The second-order valence-electron chi connectivity index (χ2n) is 3.95. The summed E-state index contributed by atoms with van der Waals surface area (Å²) in [7, 11) is 4.60. The zero-order chi connectivity index (χ0) is 14.6. The number of hydrogen-bond donors (Lipinski definition) is 0. The molecule has 1 aromatic rings. The van der Waals surface area contributed by atoms with E-state index in [-0.39, 0.29) is 16.2 Å². The minimum atomic E-state index is -0.718. The van der Waals surface area contributed by atoms with Crippen molar-refractivity contribution >= 4 is 35.0 Å². The van der Waals surface area contributed by atoms with Crippen molar-refractivity contribution in [3.63, 3.8) is 0 Å². The van der Waals surface area contributed by atoms with Crippen molar-refractivity contribution in [2.45, 2.75) is 0 Å². The van der Waals surface area contributed by atoms with Crippen LogP contribution in [0.25, 0.3) is 0 Å². The Morgan fingerprint density at radius 2 is 1.89 bits per heavy atom. The van der Waals surface area contributed by atoms with Gasteiger partial charge in [-0.2, -0.15) is 0 Å². The van der Waals surface area contributed by atoms with Crippen molar-refractivity contribution in [1.29, 1.82) is 0 Å². The zero-order valence-corrected chi connectivity index (χ0v) is 12.2. The van der Waals surface area contributed by atoms with Gasteiger partial charge in [-0.05, 0) is 18.2 Å². The van der Waals surface area contributed by atoms with Crippen molar-refractivity contribution in [3.05, 3.63) is 45.6 Å². The molecule has 0 heterocycles. The Bertz CT molecular complexity index is 539. The maximum Gasteiger partial charge on any atom is 0.343 e. The molecule has 0 saturated heterocycles. The lowest BCUT2D eigenvalue weighted by atomic mass is 10.0. The Kier molecular flexibility index (Phi) is 5.39. The van der Waals surface area contributed by atoms with Crippen molar-refractivity contribution in [1.82, 2.24) is 4.90 Å². The van der Waals surface area contributed by atoms with Crippen LogP contribution in [0.5, 0.6) is 0 Å². The molecule has 0 bridgehead atoms. The van der Waals surface area contributed by atoms with Gasteiger partial charge in [-0.1, -0.05) is 23.2 Å². The van der Waals surface area contributed by atoms with Gasteiger partial charge < -0.3 is 9.64 Å². The fourth-order valence-corrected chi connectivity index (χ4v) is 1.89. The summed E-state index contributed by atoms with van der Waals surface area (Å²) in [6.07, 6.45) is 1.39. The number of ether oxygens (including phenoxy) is 1. The smallest absolute Gasteiger partial charge is 0.343 e. The molecular weight excluding hydrogens is 289 g/mol. The van der Waals surface area contributed by atoms with E-state index < -0.39 is 11.8 Å². The van der Waals surface area contributed by atoms with Crippen LogP contribution in [0.15, 0.2) is 30.0 Å². The van der Waals surface area contributed by atoms with Gasteiger partial charge in [0.05, 0.1) is 12.1 Å². The third kappa shape index (κ3) is 3.98. The van der Waals surface area contributed by atoms with Gasteiger partial charge in [0.1, 0.15) is 5.57 Å². The summed E-state index contributed by atoms with van der Waals surface area (Å²) in [6.45, 7) is 0. The molecule has 0 spiro atoms.